The summed E-state index contributed by atoms with van der Waals surface area (Å²) in [6.45, 7) is 10.3. The van der Waals surface area contributed by atoms with Crippen LogP contribution in [0.3, 0.4) is 0 Å². The molecular formula is C30H41N5O3. The SMILES string of the molecule is CNCC(O)COc1cccc(-c2nc(CC3CCN(C4CC4)C(C)C3)c(C)c(-c3c(C)noc3C)n2)c1. The molecule has 0 spiro atoms. The number of rotatable bonds is 10. The van der Waals surface area contributed by atoms with Crippen LogP contribution in [0.5, 0.6) is 5.75 Å². The van der Waals surface area contributed by atoms with E-state index in [4.69, 9.17) is 19.2 Å². The number of nitrogens with zero attached hydrogens (tertiary/aromatic N) is 4. The topological polar surface area (TPSA) is 96.5 Å². The summed E-state index contributed by atoms with van der Waals surface area (Å²) in [6, 6.07) is 9.25. The molecule has 0 amide bonds. The first-order chi connectivity index (χ1) is 18.3. The Hall–Kier alpha value is -2.81. The minimum atomic E-state index is -0.578. The van der Waals surface area contributed by atoms with Gasteiger partial charge in [0.1, 0.15) is 24.2 Å². The molecule has 1 aromatic carbocycles. The third-order valence-electron chi connectivity index (χ3n) is 8.03. The molecule has 1 aliphatic carbocycles. The second kappa shape index (κ2) is 11.5. The lowest BCUT2D eigenvalue weighted by Crippen LogP contribution is -2.42. The zero-order chi connectivity index (χ0) is 26.8. The van der Waals surface area contributed by atoms with Crippen molar-refractivity contribution in [1.29, 1.82) is 0 Å². The highest BCUT2D eigenvalue weighted by Gasteiger charge is 2.36. The highest BCUT2D eigenvalue weighted by Crippen LogP contribution is 2.37. The summed E-state index contributed by atoms with van der Waals surface area (Å²) in [6.07, 6.45) is 5.49. The first-order valence-electron chi connectivity index (χ1n) is 14.0. The molecule has 1 aliphatic heterocycles. The fourth-order valence-electron chi connectivity index (χ4n) is 5.86. The second-order valence-electron chi connectivity index (χ2n) is 11.1. The van der Waals surface area contributed by atoms with Crippen LogP contribution >= 0.6 is 0 Å². The Balaban J connectivity index is 1.46. The number of nitrogens with one attached hydrogen (secondary N) is 1. The lowest BCUT2D eigenvalue weighted by molar-refractivity contribution is 0.108. The van der Waals surface area contributed by atoms with Crippen LogP contribution in [0.2, 0.25) is 0 Å². The number of likely N-dealkylation sites (N-methyl/N-ethyl adjacent to an activating group) is 1. The van der Waals surface area contributed by atoms with E-state index in [1.807, 2.05) is 45.2 Å². The number of aryl methyl sites for hydroxylation is 2. The van der Waals surface area contributed by atoms with Gasteiger partial charge in [-0.15, -0.1) is 0 Å². The number of piperidine rings is 1. The first kappa shape index (κ1) is 26.8. The Morgan fingerprint density at radius 3 is 2.68 bits per heavy atom. The van der Waals surface area contributed by atoms with Crippen molar-refractivity contribution in [1.82, 2.24) is 25.3 Å². The number of aliphatic hydroxyl groups is 1. The van der Waals surface area contributed by atoms with Crippen molar-refractivity contribution < 1.29 is 14.4 Å². The molecule has 5 rings (SSSR count). The maximum absolute atomic E-state index is 10.1. The van der Waals surface area contributed by atoms with Gasteiger partial charge < -0.3 is 19.7 Å². The number of hydrogen-bond donors (Lipinski definition) is 2. The standard InChI is InChI=1S/C30H41N5O3/c1-18-13-22(11-12-35(18)24-9-10-24)14-27-19(2)29(28-20(3)34-38-21(28)4)33-30(32-27)23-7-6-8-26(15-23)37-17-25(36)16-31-5/h6-8,15,18,22,24-25,31,36H,9-14,16-17H2,1-5H3. The van der Waals surface area contributed by atoms with Crippen LogP contribution in [0.4, 0.5) is 0 Å². The van der Waals surface area contributed by atoms with Gasteiger partial charge in [-0.1, -0.05) is 17.3 Å². The summed E-state index contributed by atoms with van der Waals surface area (Å²) < 4.78 is 11.4. The molecule has 3 aromatic rings. The predicted molar refractivity (Wildman–Crippen MR) is 148 cm³/mol. The number of hydrogen-bond acceptors (Lipinski definition) is 8. The van der Waals surface area contributed by atoms with Crippen LogP contribution in [-0.2, 0) is 6.42 Å². The van der Waals surface area contributed by atoms with Gasteiger partial charge in [-0.2, -0.15) is 0 Å². The van der Waals surface area contributed by atoms with Crippen LogP contribution in [0.25, 0.3) is 22.6 Å². The monoisotopic (exact) mass is 519 g/mol. The number of ether oxygens (including phenoxy) is 1. The maximum atomic E-state index is 10.1. The average Bonchev–Trinajstić information content (AvgIpc) is 3.69. The molecular weight excluding hydrogens is 478 g/mol. The molecule has 2 fully saturated rings. The van der Waals surface area contributed by atoms with E-state index in [0.717, 1.165) is 52.0 Å². The number of aliphatic hydroxyl groups excluding tert-OH is 1. The molecule has 0 bridgehead atoms. The molecule has 1 saturated carbocycles. The molecule has 38 heavy (non-hydrogen) atoms. The molecule has 8 nitrogen and oxygen atoms in total. The molecule has 3 atom stereocenters. The Labute approximate surface area is 225 Å². The molecule has 204 valence electrons. The second-order valence-corrected chi connectivity index (χ2v) is 11.1. The van der Waals surface area contributed by atoms with Gasteiger partial charge in [0.25, 0.3) is 0 Å². The first-order valence-corrected chi connectivity index (χ1v) is 14.0. The van der Waals surface area contributed by atoms with Crippen LogP contribution < -0.4 is 10.1 Å². The number of likely N-dealkylation sites (tertiary alicyclic amines) is 1. The zero-order valence-corrected chi connectivity index (χ0v) is 23.3. The van der Waals surface area contributed by atoms with E-state index in [1.54, 1.807) is 0 Å². The summed E-state index contributed by atoms with van der Waals surface area (Å²) in [4.78, 5) is 12.9. The van der Waals surface area contributed by atoms with Gasteiger partial charge in [-0.3, -0.25) is 4.90 Å². The third kappa shape index (κ3) is 5.92. The molecule has 2 aliphatic rings. The van der Waals surface area contributed by atoms with Crippen molar-refractivity contribution in [2.45, 2.75) is 78.0 Å². The zero-order valence-electron chi connectivity index (χ0n) is 23.3. The van der Waals surface area contributed by atoms with Gasteiger partial charge in [0, 0.05) is 29.9 Å². The Morgan fingerprint density at radius 2 is 2.00 bits per heavy atom. The summed E-state index contributed by atoms with van der Waals surface area (Å²) in [7, 11) is 1.81. The molecule has 1 saturated heterocycles. The van der Waals surface area contributed by atoms with E-state index in [0.29, 0.717) is 30.1 Å². The van der Waals surface area contributed by atoms with Crippen molar-refractivity contribution in [2.75, 3.05) is 26.7 Å². The number of benzene rings is 1. The lowest BCUT2D eigenvalue weighted by atomic mass is 9.86. The van der Waals surface area contributed by atoms with E-state index >= 15 is 0 Å². The largest absolute Gasteiger partial charge is 0.491 e. The van der Waals surface area contributed by atoms with Crippen LogP contribution in [0, 0.1) is 26.7 Å². The van der Waals surface area contributed by atoms with Crippen molar-refractivity contribution in [2.24, 2.45) is 5.92 Å². The summed E-state index contributed by atoms with van der Waals surface area (Å²) in [5.41, 5.74) is 5.76. The van der Waals surface area contributed by atoms with Gasteiger partial charge in [0.15, 0.2) is 5.82 Å². The summed E-state index contributed by atoms with van der Waals surface area (Å²) >= 11 is 0. The van der Waals surface area contributed by atoms with E-state index in [9.17, 15) is 5.11 Å². The fraction of sp³-hybridized carbons (Fsp3) is 0.567. The quantitative estimate of drug-likeness (QED) is 0.405. The minimum Gasteiger partial charge on any atom is -0.491 e. The van der Waals surface area contributed by atoms with Crippen molar-refractivity contribution in [3.8, 4) is 28.4 Å². The molecule has 2 N–H and O–H groups in total. The van der Waals surface area contributed by atoms with E-state index in [1.165, 1.54) is 32.2 Å². The third-order valence-corrected chi connectivity index (χ3v) is 8.03. The predicted octanol–water partition coefficient (Wildman–Crippen LogP) is 4.49. The Kier molecular flexibility index (Phi) is 8.12. The van der Waals surface area contributed by atoms with Crippen molar-refractivity contribution in [3.63, 3.8) is 0 Å². The minimum absolute atomic E-state index is 0.215. The van der Waals surface area contributed by atoms with E-state index < -0.39 is 6.10 Å². The van der Waals surface area contributed by atoms with Crippen LogP contribution in [-0.4, -0.2) is 70.1 Å². The van der Waals surface area contributed by atoms with E-state index in [-0.39, 0.29) is 6.61 Å². The molecule has 3 unspecified atom stereocenters. The normalized spacial score (nSPS) is 21.0. The summed E-state index contributed by atoms with van der Waals surface area (Å²) in [5, 5.41) is 17.2. The molecule has 3 heterocycles. The smallest absolute Gasteiger partial charge is 0.160 e. The van der Waals surface area contributed by atoms with Gasteiger partial charge in [-0.25, -0.2) is 9.97 Å². The van der Waals surface area contributed by atoms with Crippen LogP contribution in [0.1, 0.15) is 55.3 Å². The Morgan fingerprint density at radius 1 is 1.18 bits per heavy atom. The molecule has 2 aromatic heterocycles. The molecule has 0 radical (unpaired) electrons. The van der Waals surface area contributed by atoms with Gasteiger partial charge >= 0.3 is 0 Å². The summed E-state index contributed by atoms with van der Waals surface area (Å²) in [5.74, 6) is 2.72. The Bertz CT molecular complexity index is 1240. The highest BCUT2D eigenvalue weighted by atomic mass is 16.5. The highest BCUT2D eigenvalue weighted by molar-refractivity contribution is 5.71. The van der Waals surface area contributed by atoms with Crippen LogP contribution in [0.15, 0.2) is 28.8 Å². The van der Waals surface area contributed by atoms with E-state index in [2.05, 4.69) is 29.2 Å². The van der Waals surface area contributed by atoms with Gasteiger partial charge in [0.2, 0.25) is 0 Å². The average molecular weight is 520 g/mol. The lowest BCUT2D eigenvalue weighted by Gasteiger charge is -2.38. The maximum Gasteiger partial charge on any atom is 0.160 e. The number of aromatic nitrogens is 3. The van der Waals surface area contributed by atoms with Crippen molar-refractivity contribution in [3.05, 3.63) is 47.0 Å². The molecule has 8 heteroatoms. The van der Waals surface area contributed by atoms with Crippen molar-refractivity contribution >= 4 is 0 Å². The fourth-order valence-corrected chi connectivity index (χ4v) is 5.86. The van der Waals surface area contributed by atoms with Gasteiger partial charge in [-0.05, 0) is 97.0 Å². The van der Waals surface area contributed by atoms with Gasteiger partial charge in [0.05, 0.1) is 17.0 Å².